The Balaban J connectivity index is 0.00000242. The quantitative estimate of drug-likeness (QED) is 0.830. The van der Waals surface area contributed by atoms with Crippen molar-refractivity contribution < 1.29 is 18.7 Å². The van der Waals surface area contributed by atoms with Gasteiger partial charge in [0.15, 0.2) is 0 Å². The lowest BCUT2D eigenvalue weighted by atomic mass is 10.2. The van der Waals surface area contributed by atoms with Crippen molar-refractivity contribution >= 4 is 18.3 Å². The van der Waals surface area contributed by atoms with E-state index >= 15 is 0 Å². The molecule has 0 spiro atoms. The van der Waals surface area contributed by atoms with Gasteiger partial charge in [-0.1, -0.05) is 0 Å². The van der Waals surface area contributed by atoms with E-state index in [1.807, 2.05) is 6.92 Å². The Morgan fingerprint density at radius 1 is 1.45 bits per heavy atom. The number of rotatable bonds is 6. The zero-order valence-corrected chi connectivity index (χ0v) is 13.3. The van der Waals surface area contributed by atoms with E-state index in [1.54, 1.807) is 12.1 Å². The van der Waals surface area contributed by atoms with Crippen LogP contribution < -0.4 is 15.8 Å². The summed E-state index contributed by atoms with van der Waals surface area (Å²) >= 11 is 0. The van der Waals surface area contributed by atoms with E-state index in [1.165, 1.54) is 12.1 Å². The summed E-state index contributed by atoms with van der Waals surface area (Å²) in [4.78, 5) is 11.9. The maximum absolute atomic E-state index is 12.8. The summed E-state index contributed by atoms with van der Waals surface area (Å²) in [6, 6.07) is 5.78. The standard InChI is InChI=1S/C15H21FN2O3.ClH/c1-10(20-12-4-2-11(16)3-5-12)9-18-15(19)14-7-6-13(8-17)21-14;/h2-5,10,13-14H,6-9,17H2,1H3,(H,18,19);1H/t10?,13-,14+;/m1./s1. The van der Waals surface area contributed by atoms with E-state index in [0.29, 0.717) is 25.3 Å². The molecule has 0 radical (unpaired) electrons. The van der Waals surface area contributed by atoms with Crippen LogP contribution in [-0.2, 0) is 9.53 Å². The molecule has 1 saturated heterocycles. The third kappa shape index (κ3) is 5.44. The summed E-state index contributed by atoms with van der Waals surface area (Å²) in [5.41, 5.74) is 5.51. The molecule has 1 aliphatic heterocycles. The molecule has 1 aromatic rings. The minimum Gasteiger partial charge on any atom is -0.489 e. The molecule has 5 nitrogen and oxygen atoms in total. The summed E-state index contributed by atoms with van der Waals surface area (Å²) < 4.78 is 23.9. The minimum absolute atomic E-state index is 0. The summed E-state index contributed by atoms with van der Waals surface area (Å²) in [5, 5.41) is 2.80. The first-order chi connectivity index (χ1) is 10.1. The van der Waals surface area contributed by atoms with Crippen LogP contribution in [-0.4, -0.2) is 37.3 Å². The topological polar surface area (TPSA) is 73.6 Å². The minimum atomic E-state index is -0.420. The van der Waals surface area contributed by atoms with Gasteiger partial charge in [-0.05, 0) is 44.0 Å². The monoisotopic (exact) mass is 332 g/mol. The Bertz CT molecular complexity index is 472. The molecular weight excluding hydrogens is 311 g/mol. The zero-order chi connectivity index (χ0) is 15.2. The fourth-order valence-electron chi connectivity index (χ4n) is 2.22. The zero-order valence-electron chi connectivity index (χ0n) is 12.5. The van der Waals surface area contributed by atoms with Crippen molar-refractivity contribution in [3.63, 3.8) is 0 Å². The molecule has 1 amide bonds. The molecule has 2 rings (SSSR count). The van der Waals surface area contributed by atoms with E-state index in [4.69, 9.17) is 15.2 Å². The SMILES string of the molecule is CC(CNC(=O)[C@@H]1CC[C@H](CN)O1)Oc1ccc(F)cc1.Cl. The Labute approximate surface area is 135 Å². The number of amides is 1. The van der Waals surface area contributed by atoms with Gasteiger partial charge in [-0.3, -0.25) is 4.79 Å². The van der Waals surface area contributed by atoms with E-state index in [9.17, 15) is 9.18 Å². The van der Waals surface area contributed by atoms with E-state index < -0.39 is 6.10 Å². The molecule has 1 aliphatic rings. The van der Waals surface area contributed by atoms with Crippen molar-refractivity contribution in [3.05, 3.63) is 30.1 Å². The number of nitrogens with one attached hydrogen (secondary N) is 1. The average molecular weight is 333 g/mol. The van der Waals surface area contributed by atoms with E-state index in [-0.39, 0.29) is 36.3 Å². The van der Waals surface area contributed by atoms with Crippen molar-refractivity contribution in [2.75, 3.05) is 13.1 Å². The first kappa shape index (κ1) is 18.7. The van der Waals surface area contributed by atoms with Gasteiger partial charge in [-0.25, -0.2) is 4.39 Å². The first-order valence-corrected chi connectivity index (χ1v) is 7.14. The second kappa shape index (κ2) is 8.92. The molecule has 0 bridgehead atoms. The fourth-order valence-corrected chi connectivity index (χ4v) is 2.22. The maximum atomic E-state index is 12.8. The highest BCUT2D eigenvalue weighted by atomic mass is 35.5. The lowest BCUT2D eigenvalue weighted by molar-refractivity contribution is -0.132. The Morgan fingerprint density at radius 2 is 2.14 bits per heavy atom. The highest BCUT2D eigenvalue weighted by Gasteiger charge is 2.29. The normalized spacial score (nSPS) is 21.8. The predicted octanol–water partition coefficient (Wildman–Crippen LogP) is 1.64. The molecule has 3 N–H and O–H groups in total. The molecular formula is C15H22ClFN2O3. The van der Waals surface area contributed by atoms with Gasteiger partial charge in [0.1, 0.15) is 23.8 Å². The number of carbonyl (C=O) groups is 1. The summed E-state index contributed by atoms with van der Waals surface area (Å²) in [6.07, 6.45) is 0.855. The van der Waals surface area contributed by atoms with Crippen LogP contribution in [0.5, 0.6) is 5.75 Å². The number of carbonyl (C=O) groups excluding carboxylic acids is 1. The molecule has 1 unspecified atom stereocenters. The lowest BCUT2D eigenvalue weighted by Gasteiger charge is -2.17. The van der Waals surface area contributed by atoms with Gasteiger partial charge >= 0.3 is 0 Å². The molecule has 3 atom stereocenters. The Kier molecular flexibility index (Phi) is 7.58. The van der Waals surface area contributed by atoms with Crippen molar-refractivity contribution in [2.24, 2.45) is 5.73 Å². The second-order valence-electron chi connectivity index (χ2n) is 5.19. The Hall–Kier alpha value is -1.37. The van der Waals surface area contributed by atoms with Crippen molar-refractivity contribution in [2.45, 2.75) is 38.1 Å². The van der Waals surface area contributed by atoms with Crippen LogP contribution >= 0.6 is 12.4 Å². The molecule has 7 heteroatoms. The molecule has 22 heavy (non-hydrogen) atoms. The lowest BCUT2D eigenvalue weighted by Crippen LogP contribution is -2.40. The molecule has 1 aromatic carbocycles. The first-order valence-electron chi connectivity index (χ1n) is 7.14. The van der Waals surface area contributed by atoms with Gasteiger partial charge in [0.05, 0.1) is 12.6 Å². The van der Waals surface area contributed by atoms with Gasteiger partial charge < -0.3 is 20.5 Å². The molecule has 1 fully saturated rings. The molecule has 0 aromatic heterocycles. The number of ether oxygens (including phenoxy) is 2. The summed E-state index contributed by atoms with van der Waals surface area (Å²) in [5.74, 6) is 0.120. The molecule has 1 heterocycles. The van der Waals surface area contributed by atoms with E-state index in [2.05, 4.69) is 5.32 Å². The van der Waals surface area contributed by atoms with Gasteiger partial charge in [0, 0.05) is 6.54 Å². The second-order valence-corrected chi connectivity index (χ2v) is 5.19. The van der Waals surface area contributed by atoms with Crippen molar-refractivity contribution in [3.8, 4) is 5.75 Å². The molecule has 0 aliphatic carbocycles. The van der Waals surface area contributed by atoms with Crippen LogP contribution in [0.2, 0.25) is 0 Å². The summed E-state index contributed by atoms with van der Waals surface area (Å²) in [6.45, 7) is 2.64. The van der Waals surface area contributed by atoms with Gasteiger partial charge in [0.2, 0.25) is 5.91 Å². The van der Waals surface area contributed by atoms with Crippen molar-refractivity contribution in [1.29, 1.82) is 0 Å². The average Bonchev–Trinajstić information content (AvgIpc) is 2.96. The van der Waals surface area contributed by atoms with E-state index in [0.717, 1.165) is 6.42 Å². The number of hydrogen-bond donors (Lipinski definition) is 2. The molecule has 0 saturated carbocycles. The molecule has 124 valence electrons. The third-order valence-electron chi connectivity index (χ3n) is 3.38. The Morgan fingerprint density at radius 3 is 2.73 bits per heavy atom. The highest BCUT2D eigenvalue weighted by molar-refractivity contribution is 5.85. The highest BCUT2D eigenvalue weighted by Crippen LogP contribution is 2.19. The van der Waals surface area contributed by atoms with Gasteiger partial charge in [-0.2, -0.15) is 0 Å². The number of hydrogen-bond acceptors (Lipinski definition) is 4. The number of nitrogens with two attached hydrogens (primary N) is 1. The van der Waals surface area contributed by atoms with Gasteiger partial charge in [-0.15, -0.1) is 12.4 Å². The fraction of sp³-hybridized carbons (Fsp3) is 0.533. The smallest absolute Gasteiger partial charge is 0.249 e. The van der Waals surface area contributed by atoms with Crippen LogP contribution in [0.1, 0.15) is 19.8 Å². The third-order valence-corrected chi connectivity index (χ3v) is 3.38. The van der Waals surface area contributed by atoms with Crippen LogP contribution in [0.3, 0.4) is 0 Å². The van der Waals surface area contributed by atoms with Crippen molar-refractivity contribution in [1.82, 2.24) is 5.32 Å². The summed E-state index contributed by atoms with van der Waals surface area (Å²) in [7, 11) is 0. The maximum Gasteiger partial charge on any atom is 0.249 e. The largest absolute Gasteiger partial charge is 0.489 e. The number of halogens is 2. The van der Waals surface area contributed by atoms with Gasteiger partial charge in [0.25, 0.3) is 0 Å². The number of benzene rings is 1. The van der Waals surface area contributed by atoms with Crippen LogP contribution in [0, 0.1) is 5.82 Å². The van der Waals surface area contributed by atoms with Crippen LogP contribution in [0.15, 0.2) is 24.3 Å². The van der Waals surface area contributed by atoms with Crippen LogP contribution in [0.4, 0.5) is 4.39 Å². The van der Waals surface area contributed by atoms with Crippen LogP contribution in [0.25, 0.3) is 0 Å². The predicted molar refractivity (Wildman–Crippen MR) is 83.7 cm³/mol.